The predicted octanol–water partition coefficient (Wildman–Crippen LogP) is 5.09. The van der Waals surface area contributed by atoms with Gasteiger partial charge in [0.05, 0.1) is 16.6 Å². The number of aromatic nitrogens is 2. The van der Waals surface area contributed by atoms with Gasteiger partial charge in [-0.25, -0.2) is 9.37 Å². The van der Waals surface area contributed by atoms with Crippen LogP contribution in [0.2, 0.25) is 0 Å². The Hall–Kier alpha value is -4.11. The predicted molar refractivity (Wildman–Crippen MR) is 127 cm³/mol. The molecule has 0 radical (unpaired) electrons. The standard InChI is InChI=1S/C26H22FN5/c27-21-7-11-23(12-8-21)32-15-13-31(14-16-32)22-9-5-19(6-10-22)17-20(18-28)26-29-24-3-1-2-4-25(24)30-26/h1-12,17H,13-16H2,(H,29,30)/b20-17+. The van der Waals surface area contributed by atoms with Crippen molar-refractivity contribution in [1.29, 1.82) is 5.26 Å². The van der Waals surface area contributed by atoms with Gasteiger partial charge in [0.1, 0.15) is 17.7 Å². The maximum atomic E-state index is 13.2. The second-order valence-corrected chi connectivity index (χ2v) is 7.81. The third kappa shape index (κ3) is 4.06. The van der Waals surface area contributed by atoms with Crippen LogP contribution in [0, 0.1) is 17.1 Å². The Morgan fingerprint density at radius 3 is 2.06 bits per heavy atom. The van der Waals surface area contributed by atoms with E-state index < -0.39 is 0 Å². The first kappa shape index (κ1) is 19.8. The zero-order chi connectivity index (χ0) is 21.9. The number of nitriles is 1. The van der Waals surface area contributed by atoms with Crippen molar-refractivity contribution < 1.29 is 4.39 Å². The number of fused-ring (bicyclic) bond motifs is 1. The largest absolute Gasteiger partial charge is 0.368 e. The molecule has 1 aliphatic heterocycles. The zero-order valence-corrected chi connectivity index (χ0v) is 17.5. The molecule has 0 spiro atoms. The average molecular weight is 423 g/mol. The lowest BCUT2D eigenvalue weighted by atomic mass is 10.1. The summed E-state index contributed by atoms with van der Waals surface area (Å²) in [6, 6.07) is 24.9. The number of piperazine rings is 1. The maximum absolute atomic E-state index is 13.2. The van der Waals surface area contributed by atoms with E-state index in [4.69, 9.17) is 0 Å². The minimum atomic E-state index is -0.207. The van der Waals surface area contributed by atoms with Crippen LogP contribution in [0.3, 0.4) is 0 Å². The summed E-state index contributed by atoms with van der Waals surface area (Å²) in [7, 11) is 0. The molecule has 5 nitrogen and oxygen atoms in total. The molecule has 32 heavy (non-hydrogen) atoms. The first-order chi connectivity index (χ1) is 15.7. The highest BCUT2D eigenvalue weighted by Gasteiger charge is 2.17. The summed E-state index contributed by atoms with van der Waals surface area (Å²) >= 11 is 0. The van der Waals surface area contributed by atoms with E-state index in [1.54, 1.807) is 0 Å². The van der Waals surface area contributed by atoms with Crippen molar-refractivity contribution in [3.63, 3.8) is 0 Å². The second-order valence-electron chi connectivity index (χ2n) is 7.81. The minimum Gasteiger partial charge on any atom is -0.368 e. The number of para-hydroxylation sites is 2. The molecule has 6 heteroatoms. The number of allylic oxidation sites excluding steroid dienone is 1. The summed E-state index contributed by atoms with van der Waals surface area (Å²) in [5.41, 5.74) is 5.43. The van der Waals surface area contributed by atoms with Gasteiger partial charge in [-0.3, -0.25) is 0 Å². The van der Waals surface area contributed by atoms with E-state index in [-0.39, 0.29) is 5.82 Å². The quantitative estimate of drug-likeness (QED) is 0.465. The van der Waals surface area contributed by atoms with Crippen LogP contribution in [0.4, 0.5) is 15.8 Å². The van der Waals surface area contributed by atoms with Crippen molar-refractivity contribution in [2.45, 2.75) is 0 Å². The molecule has 1 saturated heterocycles. The molecule has 1 fully saturated rings. The van der Waals surface area contributed by atoms with Gasteiger partial charge in [0, 0.05) is 37.6 Å². The molecule has 0 amide bonds. The summed E-state index contributed by atoms with van der Waals surface area (Å²) in [4.78, 5) is 12.4. The summed E-state index contributed by atoms with van der Waals surface area (Å²) in [6.45, 7) is 3.57. The second kappa shape index (κ2) is 8.56. The van der Waals surface area contributed by atoms with Gasteiger partial charge in [0.25, 0.3) is 0 Å². The number of halogens is 1. The highest BCUT2D eigenvalue weighted by molar-refractivity contribution is 5.90. The summed E-state index contributed by atoms with van der Waals surface area (Å²) < 4.78 is 13.2. The summed E-state index contributed by atoms with van der Waals surface area (Å²) in [6.07, 6.45) is 1.86. The maximum Gasteiger partial charge on any atom is 0.149 e. The normalized spacial score (nSPS) is 14.6. The van der Waals surface area contributed by atoms with E-state index in [0.29, 0.717) is 11.4 Å². The number of hydrogen-bond donors (Lipinski definition) is 1. The highest BCUT2D eigenvalue weighted by atomic mass is 19.1. The number of nitrogens with one attached hydrogen (secondary N) is 1. The molecule has 0 saturated carbocycles. The van der Waals surface area contributed by atoms with E-state index in [2.05, 4.69) is 38.0 Å². The number of hydrogen-bond acceptors (Lipinski definition) is 4. The Bertz CT molecular complexity index is 1260. The van der Waals surface area contributed by atoms with Crippen LogP contribution >= 0.6 is 0 Å². The molecule has 0 unspecified atom stereocenters. The molecule has 158 valence electrons. The van der Waals surface area contributed by atoms with Gasteiger partial charge in [-0.2, -0.15) is 5.26 Å². The van der Waals surface area contributed by atoms with Crippen LogP contribution in [0.1, 0.15) is 11.4 Å². The Labute approximate surface area is 186 Å². The van der Waals surface area contributed by atoms with Crippen LogP contribution in [0.25, 0.3) is 22.7 Å². The number of benzene rings is 3. The van der Waals surface area contributed by atoms with E-state index in [1.165, 1.54) is 12.1 Å². The highest BCUT2D eigenvalue weighted by Crippen LogP contribution is 2.23. The molecule has 1 aromatic heterocycles. The third-order valence-electron chi connectivity index (χ3n) is 5.81. The van der Waals surface area contributed by atoms with Gasteiger partial charge in [0.15, 0.2) is 0 Å². The smallest absolute Gasteiger partial charge is 0.149 e. The van der Waals surface area contributed by atoms with Gasteiger partial charge >= 0.3 is 0 Å². The molecule has 5 rings (SSSR count). The molecule has 1 aliphatic rings. The monoisotopic (exact) mass is 423 g/mol. The van der Waals surface area contributed by atoms with Gasteiger partial charge in [-0.05, 0) is 60.2 Å². The number of nitrogens with zero attached hydrogens (tertiary/aromatic N) is 4. The molecule has 0 atom stereocenters. The number of H-pyrrole nitrogens is 1. The SMILES string of the molecule is N#C/C(=C\c1ccc(N2CCN(c3ccc(F)cc3)CC2)cc1)c1nc2ccccc2[nH]1. The fraction of sp³-hybridized carbons (Fsp3) is 0.154. The van der Waals surface area contributed by atoms with Crippen molar-refractivity contribution in [3.8, 4) is 6.07 Å². The Balaban J connectivity index is 1.27. The van der Waals surface area contributed by atoms with Crippen LogP contribution < -0.4 is 9.80 Å². The number of aromatic amines is 1. The van der Waals surface area contributed by atoms with Crippen molar-refractivity contribution in [2.24, 2.45) is 0 Å². The van der Waals surface area contributed by atoms with Crippen LogP contribution in [-0.4, -0.2) is 36.1 Å². The summed E-state index contributed by atoms with van der Waals surface area (Å²) in [5.74, 6) is 0.371. The average Bonchev–Trinajstić information content (AvgIpc) is 3.28. The summed E-state index contributed by atoms with van der Waals surface area (Å²) in [5, 5.41) is 9.65. The van der Waals surface area contributed by atoms with E-state index in [1.807, 2.05) is 54.6 Å². The third-order valence-corrected chi connectivity index (χ3v) is 5.81. The van der Waals surface area contributed by atoms with Crippen LogP contribution in [0.5, 0.6) is 0 Å². The Morgan fingerprint density at radius 1 is 0.875 bits per heavy atom. The Kier molecular flexibility index (Phi) is 5.30. The lowest BCUT2D eigenvalue weighted by Gasteiger charge is -2.37. The molecule has 1 N–H and O–H groups in total. The van der Waals surface area contributed by atoms with Crippen molar-refractivity contribution in [2.75, 3.05) is 36.0 Å². The Morgan fingerprint density at radius 2 is 1.47 bits per heavy atom. The first-order valence-electron chi connectivity index (χ1n) is 10.6. The molecule has 4 aromatic rings. The number of rotatable bonds is 4. The van der Waals surface area contributed by atoms with Crippen molar-refractivity contribution >= 4 is 34.1 Å². The number of imidazole rings is 1. The van der Waals surface area contributed by atoms with Gasteiger partial charge in [-0.1, -0.05) is 24.3 Å². The van der Waals surface area contributed by atoms with Crippen LogP contribution in [-0.2, 0) is 0 Å². The van der Waals surface area contributed by atoms with E-state index >= 15 is 0 Å². The first-order valence-corrected chi connectivity index (χ1v) is 10.6. The fourth-order valence-electron chi connectivity index (χ4n) is 4.06. The molecule has 3 aromatic carbocycles. The van der Waals surface area contributed by atoms with E-state index in [9.17, 15) is 9.65 Å². The van der Waals surface area contributed by atoms with Gasteiger partial charge in [-0.15, -0.1) is 0 Å². The fourth-order valence-corrected chi connectivity index (χ4v) is 4.06. The lowest BCUT2D eigenvalue weighted by molar-refractivity contribution is 0.625. The van der Waals surface area contributed by atoms with Crippen molar-refractivity contribution in [1.82, 2.24) is 9.97 Å². The van der Waals surface area contributed by atoms with Crippen molar-refractivity contribution in [3.05, 3.63) is 90.0 Å². The lowest BCUT2D eigenvalue weighted by Crippen LogP contribution is -2.46. The number of anilines is 2. The van der Waals surface area contributed by atoms with Gasteiger partial charge in [0.2, 0.25) is 0 Å². The minimum absolute atomic E-state index is 0.207. The van der Waals surface area contributed by atoms with Crippen LogP contribution in [0.15, 0.2) is 72.8 Å². The molecule has 0 bridgehead atoms. The zero-order valence-electron chi connectivity index (χ0n) is 17.5. The molecular formula is C26H22FN5. The van der Waals surface area contributed by atoms with Gasteiger partial charge < -0.3 is 14.8 Å². The molecule has 2 heterocycles. The molecular weight excluding hydrogens is 401 g/mol. The molecule has 0 aliphatic carbocycles. The topological polar surface area (TPSA) is 59.0 Å². The van der Waals surface area contributed by atoms with E-state index in [0.717, 1.165) is 54.2 Å².